The van der Waals surface area contributed by atoms with Crippen molar-refractivity contribution >= 4 is 30.7 Å². The first-order chi connectivity index (χ1) is 18.7. The van der Waals surface area contributed by atoms with Crippen molar-refractivity contribution in [2.45, 2.75) is 64.8 Å². The SMILES string of the molecule is C[C@H]1CCCN1Cc1cc2cnc(NC(=O)c3ccc(-c4ccn[nH]4)cc3F)cc2n1COCC[Si](C)(C)C. The van der Waals surface area contributed by atoms with Crippen LogP contribution in [-0.2, 0) is 18.0 Å². The summed E-state index contributed by atoms with van der Waals surface area (Å²) in [5.41, 5.74) is 3.35. The molecule has 1 aliphatic heterocycles. The zero-order valence-electron chi connectivity index (χ0n) is 23.1. The van der Waals surface area contributed by atoms with E-state index in [9.17, 15) is 9.18 Å². The molecule has 3 aromatic heterocycles. The Morgan fingerprint density at radius 3 is 2.77 bits per heavy atom. The van der Waals surface area contributed by atoms with E-state index in [1.165, 1.54) is 25.0 Å². The summed E-state index contributed by atoms with van der Waals surface area (Å²) in [7, 11) is -1.20. The first-order valence-corrected chi connectivity index (χ1v) is 17.3. The lowest BCUT2D eigenvalue weighted by molar-refractivity contribution is 0.0863. The van der Waals surface area contributed by atoms with Gasteiger partial charge in [-0.2, -0.15) is 5.10 Å². The molecule has 8 nitrogen and oxygen atoms in total. The summed E-state index contributed by atoms with van der Waals surface area (Å²) in [6.07, 6.45) is 5.79. The minimum Gasteiger partial charge on any atom is -0.361 e. The molecule has 0 spiro atoms. The van der Waals surface area contributed by atoms with E-state index in [0.29, 0.717) is 29.8 Å². The largest absolute Gasteiger partial charge is 0.361 e. The Balaban J connectivity index is 1.38. The monoisotopic (exact) mass is 548 g/mol. The molecule has 10 heteroatoms. The third-order valence-corrected chi connectivity index (χ3v) is 9.12. The molecule has 0 bridgehead atoms. The van der Waals surface area contributed by atoms with Crippen LogP contribution in [-0.4, -0.2) is 57.8 Å². The molecule has 1 saturated heterocycles. The second kappa shape index (κ2) is 11.4. The Hall–Kier alpha value is -3.34. The van der Waals surface area contributed by atoms with Gasteiger partial charge >= 0.3 is 0 Å². The normalized spacial score (nSPS) is 16.3. The highest BCUT2D eigenvalue weighted by molar-refractivity contribution is 6.76. The lowest BCUT2D eigenvalue weighted by atomic mass is 10.1. The van der Waals surface area contributed by atoms with Crippen LogP contribution in [0.25, 0.3) is 22.2 Å². The molecule has 2 N–H and O–H groups in total. The molecule has 0 unspecified atom stereocenters. The number of anilines is 1. The highest BCUT2D eigenvalue weighted by atomic mass is 28.3. The number of hydrogen-bond donors (Lipinski definition) is 2. The van der Waals surface area contributed by atoms with Crippen LogP contribution in [0, 0.1) is 5.82 Å². The number of fused-ring (bicyclic) bond motifs is 1. The second-order valence-corrected chi connectivity index (χ2v) is 17.2. The van der Waals surface area contributed by atoms with Gasteiger partial charge in [-0.1, -0.05) is 25.7 Å². The van der Waals surface area contributed by atoms with Crippen molar-refractivity contribution in [3.63, 3.8) is 0 Å². The minimum absolute atomic E-state index is 0.0473. The molecular formula is C29H37FN6O2Si. The fourth-order valence-electron chi connectivity index (χ4n) is 5.00. The van der Waals surface area contributed by atoms with Crippen molar-refractivity contribution in [3.8, 4) is 11.3 Å². The molecule has 39 heavy (non-hydrogen) atoms. The summed E-state index contributed by atoms with van der Waals surface area (Å²) in [6.45, 7) is 12.4. The third-order valence-electron chi connectivity index (χ3n) is 7.41. The Morgan fingerprint density at radius 1 is 1.23 bits per heavy atom. The van der Waals surface area contributed by atoms with Gasteiger partial charge < -0.3 is 14.6 Å². The Morgan fingerprint density at radius 2 is 2.08 bits per heavy atom. The summed E-state index contributed by atoms with van der Waals surface area (Å²) in [4.78, 5) is 19.9. The highest BCUT2D eigenvalue weighted by Gasteiger charge is 2.23. The smallest absolute Gasteiger partial charge is 0.259 e. The van der Waals surface area contributed by atoms with E-state index in [1.54, 1.807) is 24.5 Å². The van der Waals surface area contributed by atoms with Gasteiger partial charge in [0.05, 0.1) is 16.8 Å². The number of aromatic nitrogens is 4. The summed E-state index contributed by atoms with van der Waals surface area (Å²) in [6, 6.07) is 11.9. The van der Waals surface area contributed by atoms with Crippen molar-refractivity contribution in [2.75, 3.05) is 18.5 Å². The topological polar surface area (TPSA) is 88.1 Å². The van der Waals surface area contributed by atoms with Crippen LogP contribution in [0.1, 0.15) is 35.8 Å². The number of halogens is 1. The fourth-order valence-corrected chi connectivity index (χ4v) is 5.76. The van der Waals surface area contributed by atoms with E-state index in [2.05, 4.69) is 62.6 Å². The molecule has 0 aliphatic carbocycles. The van der Waals surface area contributed by atoms with Crippen LogP contribution >= 0.6 is 0 Å². The Kier molecular flexibility index (Phi) is 7.97. The maximum absolute atomic E-state index is 14.9. The lowest BCUT2D eigenvalue weighted by Crippen LogP contribution is -2.27. The van der Waals surface area contributed by atoms with Crippen LogP contribution in [0.2, 0.25) is 25.7 Å². The van der Waals surface area contributed by atoms with Crippen molar-refractivity contribution in [2.24, 2.45) is 0 Å². The van der Waals surface area contributed by atoms with Gasteiger partial charge in [0.15, 0.2) is 0 Å². The molecule has 5 rings (SSSR count). The van der Waals surface area contributed by atoms with Gasteiger partial charge in [-0.3, -0.25) is 14.8 Å². The van der Waals surface area contributed by atoms with Crippen LogP contribution < -0.4 is 5.32 Å². The standard InChI is InChI=1S/C29H37FN6O2Si/c1-20-6-5-11-35(20)18-23-14-22-17-31-28(16-27(22)36(23)19-38-12-13-39(2,3)4)33-29(37)24-8-7-21(15-25(24)30)26-9-10-32-34-26/h7-10,14-17,20H,5-6,11-13,18-19H2,1-4H3,(H,32,34)(H,31,33,37)/t20-/m0/s1. The molecule has 1 aromatic carbocycles. The van der Waals surface area contributed by atoms with Crippen LogP contribution in [0.3, 0.4) is 0 Å². The van der Waals surface area contributed by atoms with Gasteiger partial charge in [-0.15, -0.1) is 0 Å². The first-order valence-electron chi connectivity index (χ1n) is 13.6. The Bertz CT molecular complexity index is 1450. The number of aromatic amines is 1. The molecule has 1 amide bonds. The number of carbonyl (C=O) groups is 1. The number of nitrogens with one attached hydrogen (secondary N) is 2. The number of carbonyl (C=O) groups excluding carboxylic acids is 1. The van der Waals surface area contributed by atoms with Crippen molar-refractivity contribution < 1.29 is 13.9 Å². The molecule has 206 valence electrons. The molecular weight excluding hydrogens is 511 g/mol. The molecule has 0 radical (unpaired) electrons. The highest BCUT2D eigenvalue weighted by Crippen LogP contribution is 2.27. The molecule has 4 aromatic rings. The molecule has 4 heterocycles. The van der Waals surface area contributed by atoms with E-state index >= 15 is 0 Å². The number of H-pyrrole nitrogens is 1. The fraction of sp³-hybridized carbons (Fsp3) is 0.414. The quantitative estimate of drug-likeness (QED) is 0.184. The van der Waals surface area contributed by atoms with E-state index in [0.717, 1.165) is 42.3 Å². The van der Waals surface area contributed by atoms with Gasteiger partial charge in [0.25, 0.3) is 5.91 Å². The third kappa shape index (κ3) is 6.46. The maximum atomic E-state index is 14.9. The van der Waals surface area contributed by atoms with Gasteiger partial charge in [0.2, 0.25) is 0 Å². The zero-order chi connectivity index (χ0) is 27.6. The van der Waals surface area contributed by atoms with Gasteiger partial charge in [-0.05, 0) is 56.6 Å². The van der Waals surface area contributed by atoms with Crippen molar-refractivity contribution in [3.05, 3.63) is 65.9 Å². The summed E-state index contributed by atoms with van der Waals surface area (Å²) in [5.74, 6) is -0.792. The zero-order valence-corrected chi connectivity index (χ0v) is 24.1. The number of benzene rings is 1. The first kappa shape index (κ1) is 27.2. The molecule has 1 atom stereocenters. The summed E-state index contributed by atoms with van der Waals surface area (Å²) < 4.78 is 23.2. The average Bonchev–Trinajstić information content (AvgIpc) is 3.63. The van der Waals surface area contributed by atoms with E-state index < -0.39 is 19.8 Å². The number of likely N-dealkylation sites (tertiary alicyclic amines) is 1. The molecule has 1 fully saturated rings. The minimum atomic E-state index is -1.20. The summed E-state index contributed by atoms with van der Waals surface area (Å²) in [5, 5.41) is 10.5. The van der Waals surface area contributed by atoms with E-state index in [1.807, 2.05) is 6.07 Å². The number of pyridine rings is 1. The number of nitrogens with zero attached hydrogens (tertiary/aromatic N) is 4. The number of ether oxygens (including phenoxy) is 1. The van der Waals surface area contributed by atoms with Gasteiger partial charge in [0.1, 0.15) is 18.4 Å². The predicted molar refractivity (Wildman–Crippen MR) is 155 cm³/mol. The van der Waals surface area contributed by atoms with Crippen LogP contribution in [0.15, 0.2) is 48.8 Å². The Labute approximate surface area is 229 Å². The van der Waals surface area contributed by atoms with Crippen molar-refractivity contribution in [1.29, 1.82) is 0 Å². The molecule has 1 aliphatic rings. The molecule has 0 saturated carbocycles. The van der Waals surface area contributed by atoms with Crippen LogP contribution in [0.5, 0.6) is 0 Å². The van der Waals surface area contributed by atoms with E-state index in [4.69, 9.17) is 4.74 Å². The number of hydrogen-bond acceptors (Lipinski definition) is 5. The summed E-state index contributed by atoms with van der Waals surface area (Å²) >= 11 is 0. The van der Waals surface area contributed by atoms with Gasteiger partial charge in [-0.25, -0.2) is 9.37 Å². The number of amides is 1. The number of rotatable bonds is 10. The van der Waals surface area contributed by atoms with Crippen molar-refractivity contribution in [1.82, 2.24) is 24.6 Å². The van der Waals surface area contributed by atoms with Gasteiger partial charge in [0, 0.05) is 62.4 Å². The predicted octanol–water partition coefficient (Wildman–Crippen LogP) is 6.11. The van der Waals surface area contributed by atoms with Crippen LogP contribution in [0.4, 0.5) is 10.2 Å². The maximum Gasteiger partial charge on any atom is 0.259 e. The lowest BCUT2D eigenvalue weighted by Gasteiger charge is -2.22. The average molecular weight is 549 g/mol. The van der Waals surface area contributed by atoms with E-state index in [-0.39, 0.29) is 5.56 Å². The second-order valence-electron chi connectivity index (χ2n) is 11.6.